The van der Waals surface area contributed by atoms with Crippen molar-refractivity contribution in [3.63, 3.8) is 0 Å². The molecule has 4 aromatic heterocycles. The van der Waals surface area contributed by atoms with E-state index < -0.39 is 36.3 Å². The highest BCUT2D eigenvalue weighted by atomic mass is 19.4. The van der Waals surface area contributed by atoms with Gasteiger partial charge in [0.1, 0.15) is 34.3 Å². The van der Waals surface area contributed by atoms with Gasteiger partial charge in [-0.1, -0.05) is 5.21 Å². The lowest BCUT2D eigenvalue weighted by atomic mass is 9.81. The van der Waals surface area contributed by atoms with E-state index in [0.29, 0.717) is 23.5 Å². The molecule has 0 bridgehead atoms. The lowest BCUT2D eigenvalue weighted by Crippen LogP contribution is -2.36. The molecule has 0 saturated heterocycles. The lowest BCUT2D eigenvalue weighted by molar-refractivity contribution is -0.284. The fourth-order valence-electron chi connectivity index (χ4n) is 4.70. The molecule has 2 aliphatic rings. The van der Waals surface area contributed by atoms with Crippen LogP contribution in [-0.4, -0.2) is 62.7 Å². The van der Waals surface area contributed by atoms with Gasteiger partial charge in [-0.15, -0.1) is 5.10 Å². The van der Waals surface area contributed by atoms with E-state index in [2.05, 4.69) is 40.7 Å². The molecule has 0 spiro atoms. The first-order valence-electron chi connectivity index (χ1n) is 12.3. The number of alkyl halides is 5. The molecule has 1 atom stereocenters. The van der Waals surface area contributed by atoms with E-state index in [0.717, 1.165) is 12.8 Å². The normalized spacial score (nSPS) is 19.3. The molecule has 1 fully saturated rings. The zero-order valence-electron chi connectivity index (χ0n) is 21.2. The molecule has 17 heteroatoms. The highest BCUT2D eigenvalue weighted by molar-refractivity contribution is 6.09. The van der Waals surface area contributed by atoms with Crippen molar-refractivity contribution in [3.8, 4) is 11.5 Å². The summed E-state index contributed by atoms with van der Waals surface area (Å²) < 4.78 is 68.3. The number of nitrogens with zero attached hydrogens (tertiary/aromatic N) is 9. The third-order valence-electron chi connectivity index (χ3n) is 7.24. The molecule has 1 unspecified atom stereocenters. The molecule has 6 rings (SSSR count). The van der Waals surface area contributed by atoms with Crippen molar-refractivity contribution in [1.29, 1.82) is 0 Å². The van der Waals surface area contributed by atoms with E-state index in [9.17, 15) is 26.7 Å². The minimum Gasteiger partial charge on any atom is -0.383 e. The van der Waals surface area contributed by atoms with E-state index in [4.69, 9.17) is 5.73 Å². The second kappa shape index (κ2) is 8.59. The molecule has 1 aliphatic heterocycles. The number of nitrogens with one attached hydrogen (secondary N) is 1. The summed E-state index contributed by atoms with van der Waals surface area (Å²) >= 11 is 0. The molecule has 1 amide bonds. The van der Waals surface area contributed by atoms with Gasteiger partial charge in [-0.3, -0.25) is 14.2 Å². The average Bonchev–Trinajstić information content (AvgIpc) is 3.31. The van der Waals surface area contributed by atoms with Gasteiger partial charge in [0.05, 0.1) is 17.1 Å². The largest absolute Gasteiger partial charge is 0.453 e. The van der Waals surface area contributed by atoms with E-state index in [1.165, 1.54) is 17.9 Å². The lowest BCUT2D eigenvalue weighted by Gasteiger charge is -2.20. The maximum atomic E-state index is 13.6. The van der Waals surface area contributed by atoms with Gasteiger partial charge in [-0.2, -0.15) is 27.1 Å². The fourth-order valence-corrected chi connectivity index (χ4v) is 4.70. The molecular formula is C23H22F5N11O. The van der Waals surface area contributed by atoms with Gasteiger partial charge >= 0.3 is 12.1 Å². The van der Waals surface area contributed by atoms with Crippen molar-refractivity contribution < 1.29 is 26.7 Å². The molecule has 12 nitrogen and oxygen atoms in total. The van der Waals surface area contributed by atoms with Crippen LogP contribution in [0.4, 0.5) is 33.6 Å². The molecule has 3 N–H and O–H groups in total. The highest BCUT2D eigenvalue weighted by Gasteiger charge is 2.56. The summed E-state index contributed by atoms with van der Waals surface area (Å²) in [4.78, 5) is 30.3. The van der Waals surface area contributed by atoms with Crippen LogP contribution in [0.5, 0.6) is 0 Å². The van der Waals surface area contributed by atoms with Gasteiger partial charge in [0.25, 0.3) is 0 Å². The SMILES string of the molecule is Cn1ncc2c(-c3nc(N)c4c(n3)NC(=O)C4(C)c3cn(CC4CC4)nn3)nc(CCC(F)(F)C(F)(F)F)nc21. The Hall–Kier alpha value is -4.31. The number of halogens is 5. The smallest absolute Gasteiger partial charge is 0.383 e. The Bertz CT molecular complexity index is 1660. The molecule has 0 aromatic carbocycles. The summed E-state index contributed by atoms with van der Waals surface area (Å²) in [5, 5.41) is 15.4. The topological polar surface area (TPSA) is 155 Å². The minimum absolute atomic E-state index is 0.0103. The molecule has 210 valence electrons. The Morgan fingerprint density at radius 1 is 1.15 bits per heavy atom. The number of anilines is 2. The highest BCUT2D eigenvalue weighted by Crippen LogP contribution is 2.45. The number of carbonyl (C=O) groups is 1. The van der Waals surface area contributed by atoms with E-state index in [1.54, 1.807) is 17.8 Å². The molecule has 4 aromatic rings. The van der Waals surface area contributed by atoms with Crippen LogP contribution in [0.3, 0.4) is 0 Å². The third kappa shape index (κ3) is 4.10. The number of carbonyl (C=O) groups excluding carboxylic acids is 1. The predicted octanol–water partition coefficient (Wildman–Crippen LogP) is 2.79. The summed E-state index contributed by atoms with van der Waals surface area (Å²) in [6, 6.07) is 0. The average molecular weight is 563 g/mol. The van der Waals surface area contributed by atoms with Gasteiger partial charge in [0, 0.05) is 32.6 Å². The van der Waals surface area contributed by atoms with Crippen molar-refractivity contribution in [3.05, 3.63) is 29.5 Å². The van der Waals surface area contributed by atoms with Crippen molar-refractivity contribution in [2.24, 2.45) is 13.0 Å². The van der Waals surface area contributed by atoms with E-state index in [1.807, 2.05) is 0 Å². The molecule has 1 saturated carbocycles. The zero-order chi connectivity index (χ0) is 28.6. The van der Waals surface area contributed by atoms with Crippen LogP contribution in [0.25, 0.3) is 22.6 Å². The third-order valence-corrected chi connectivity index (χ3v) is 7.24. The second-order valence-corrected chi connectivity index (χ2v) is 10.2. The molecular weight excluding hydrogens is 541 g/mol. The number of nitrogen functional groups attached to an aromatic ring is 1. The summed E-state index contributed by atoms with van der Waals surface area (Å²) in [6.07, 6.45) is -2.76. The number of hydrogen-bond acceptors (Lipinski definition) is 9. The predicted molar refractivity (Wildman–Crippen MR) is 129 cm³/mol. The maximum absolute atomic E-state index is 13.6. The van der Waals surface area contributed by atoms with Gasteiger partial charge < -0.3 is 11.1 Å². The Morgan fingerprint density at radius 2 is 1.90 bits per heavy atom. The van der Waals surface area contributed by atoms with Crippen molar-refractivity contribution in [1.82, 2.24) is 44.7 Å². The summed E-state index contributed by atoms with van der Waals surface area (Å²) in [5.41, 5.74) is 5.82. The van der Waals surface area contributed by atoms with Gasteiger partial charge in [-0.05, 0) is 25.7 Å². The molecule has 1 aliphatic carbocycles. The summed E-state index contributed by atoms with van der Waals surface area (Å²) in [5.74, 6) is -5.22. The number of aromatic nitrogens is 9. The summed E-state index contributed by atoms with van der Waals surface area (Å²) in [7, 11) is 1.52. The number of amides is 1. The number of hydrogen-bond donors (Lipinski definition) is 2. The van der Waals surface area contributed by atoms with Crippen molar-refractivity contribution in [2.75, 3.05) is 11.1 Å². The van der Waals surface area contributed by atoms with Crippen molar-refractivity contribution >= 4 is 28.6 Å². The quantitative estimate of drug-likeness (QED) is 0.323. The first-order valence-corrected chi connectivity index (χ1v) is 12.3. The minimum atomic E-state index is -5.71. The standard InChI is InChI=1S/C23H22F5N11O/c1-21(12-9-39(37-36-12)8-10-3-4-10)14-16(29)33-18(34-17(14)35-20(21)40)15-11-7-30-38(2)19(11)32-13(31-15)5-6-22(24,25)23(26,27)28/h7,9-10H,3-6,8H2,1-2H3,(H3,29,33,34,35,40). The Morgan fingerprint density at radius 3 is 2.60 bits per heavy atom. The van der Waals surface area contributed by atoms with Crippen LogP contribution in [0.15, 0.2) is 12.4 Å². The number of fused-ring (bicyclic) bond motifs is 2. The van der Waals surface area contributed by atoms with Crippen LogP contribution in [0.1, 0.15) is 43.3 Å². The van der Waals surface area contributed by atoms with Crippen LogP contribution >= 0.6 is 0 Å². The number of rotatable bonds is 7. The van der Waals surface area contributed by atoms with Crippen LogP contribution < -0.4 is 11.1 Å². The molecule has 0 radical (unpaired) electrons. The van der Waals surface area contributed by atoms with Crippen LogP contribution in [0, 0.1) is 5.92 Å². The van der Waals surface area contributed by atoms with Gasteiger partial charge in [-0.25, -0.2) is 19.9 Å². The fraction of sp³-hybridized carbons (Fsp3) is 0.478. The zero-order valence-corrected chi connectivity index (χ0v) is 21.2. The number of nitrogens with two attached hydrogens (primary N) is 1. The Balaban J connectivity index is 1.40. The van der Waals surface area contributed by atoms with Crippen LogP contribution in [0.2, 0.25) is 0 Å². The van der Waals surface area contributed by atoms with Crippen molar-refractivity contribution in [2.45, 2.75) is 56.7 Å². The van der Waals surface area contributed by atoms with E-state index in [-0.39, 0.29) is 40.2 Å². The first-order chi connectivity index (χ1) is 18.8. The molecule has 40 heavy (non-hydrogen) atoms. The first kappa shape index (κ1) is 25.9. The Kier molecular flexibility index (Phi) is 5.57. The molecule has 5 heterocycles. The second-order valence-electron chi connectivity index (χ2n) is 10.2. The summed E-state index contributed by atoms with van der Waals surface area (Å²) in [6.45, 7) is 2.32. The van der Waals surface area contributed by atoms with Crippen LogP contribution in [-0.2, 0) is 30.2 Å². The van der Waals surface area contributed by atoms with E-state index >= 15 is 0 Å². The number of aryl methyl sites for hydroxylation is 2. The van der Waals surface area contributed by atoms with Gasteiger partial charge in [0.15, 0.2) is 11.5 Å². The van der Waals surface area contributed by atoms with Gasteiger partial charge in [0.2, 0.25) is 5.91 Å². The maximum Gasteiger partial charge on any atom is 0.453 e. The monoisotopic (exact) mass is 563 g/mol. The Labute approximate surface area is 222 Å².